The van der Waals surface area contributed by atoms with Gasteiger partial charge in [-0.25, -0.2) is 4.98 Å². The molecular formula is C18H14BrN3. The molecule has 0 bridgehead atoms. The zero-order chi connectivity index (χ0) is 14.9. The fourth-order valence-corrected chi connectivity index (χ4v) is 3.32. The predicted octanol–water partition coefficient (Wildman–Crippen LogP) is 4.84. The minimum Gasteiger partial charge on any atom is -0.360 e. The summed E-state index contributed by atoms with van der Waals surface area (Å²) in [6.45, 7) is 0.800. The van der Waals surface area contributed by atoms with Gasteiger partial charge in [-0.05, 0) is 27.6 Å². The van der Waals surface area contributed by atoms with Crippen molar-refractivity contribution in [2.24, 2.45) is 0 Å². The monoisotopic (exact) mass is 351 g/mol. The Hall–Kier alpha value is -2.33. The lowest BCUT2D eigenvalue weighted by Crippen LogP contribution is -2.00. The molecule has 2 aromatic carbocycles. The minimum atomic E-state index is 0.800. The molecule has 0 unspecified atom stereocenters. The third-order valence-corrected chi connectivity index (χ3v) is 4.41. The van der Waals surface area contributed by atoms with Crippen LogP contribution in [-0.4, -0.2) is 14.5 Å². The van der Waals surface area contributed by atoms with E-state index in [1.165, 1.54) is 10.9 Å². The normalized spacial score (nSPS) is 11.1. The Labute approximate surface area is 136 Å². The van der Waals surface area contributed by atoms with Crippen molar-refractivity contribution in [2.45, 2.75) is 6.54 Å². The molecule has 1 N–H and O–H groups in total. The standard InChI is InChI=1S/C18H14BrN3/c19-18-17(15-10-20-16-9-5-4-8-14(15)16)22(12-21-18)11-13-6-2-1-3-7-13/h1-10,12,20H,11H2. The lowest BCUT2D eigenvalue weighted by Gasteiger charge is -2.08. The first-order chi connectivity index (χ1) is 10.8. The summed E-state index contributed by atoms with van der Waals surface area (Å²) < 4.78 is 3.04. The van der Waals surface area contributed by atoms with Gasteiger partial charge < -0.3 is 9.55 Å². The second-order valence-electron chi connectivity index (χ2n) is 5.25. The summed E-state index contributed by atoms with van der Waals surface area (Å²) in [4.78, 5) is 7.77. The first-order valence-electron chi connectivity index (χ1n) is 7.14. The van der Waals surface area contributed by atoms with Gasteiger partial charge in [0.2, 0.25) is 0 Å². The average molecular weight is 352 g/mol. The van der Waals surface area contributed by atoms with Crippen LogP contribution in [0.5, 0.6) is 0 Å². The molecule has 0 fully saturated rings. The van der Waals surface area contributed by atoms with Crippen molar-refractivity contribution >= 4 is 26.8 Å². The Bertz CT molecular complexity index is 922. The van der Waals surface area contributed by atoms with E-state index in [1.807, 2.05) is 24.7 Å². The lowest BCUT2D eigenvalue weighted by atomic mass is 10.1. The topological polar surface area (TPSA) is 33.6 Å². The van der Waals surface area contributed by atoms with Crippen LogP contribution in [-0.2, 0) is 6.54 Å². The van der Waals surface area contributed by atoms with Crippen LogP contribution in [0.1, 0.15) is 5.56 Å². The molecule has 2 aromatic heterocycles. The van der Waals surface area contributed by atoms with E-state index in [0.717, 1.165) is 27.9 Å². The van der Waals surface area contributed by atoms with E-state index in [1.54, 1.807) is 0 Å². The summed E-state index contributed by atoms with van der Waals surface area (Å²) >= 11 is 3.59. The molecule has 22 heavy (non-hydrogen) atoms. The number of hydrogen-bond donors (Lipinski definition) is 1. The highest BCUT2D eigenvalue weighted by Gasteiger charge is 2.15. The number of rotatable bonds is 3. The molecule has 0 amide bonds. The predicted molar refractivity (Wildman–Crippen MR) is 92.8 cm³/mol. The van der Waals surface area contributed by atoms with Crippen LogP contribution in [0.3, 0.4) is 0 Å². The molecule has 0 aliphatic rings. The molecule has 2 heterocycles. The van der Waals surface area contributed by atoms with Gasteiger partial charge in [0.05, 0.1) is 12.0 Å². The van der Waals surface area contributed by atoms with Gasteiger partial charge in [0, 0.05) is 29.2 Å². The molecule has 0 radical (unpaired) electrons. The number of imidazole rings is 1. The number of fused-ring (bicyclic) bond motifs is 1. The number of aromatic amines is 1. The van der Waals surface area contributed by atoms with Crippen molar-refractivity contribution in [3.05, 3.63) is 77.3 Å². The maximum Gasteiger partial charge on any atom is 0.132 e. The highest BCUT2D eigenvalue weighted by molar-refractivity contribution is 9.10. The number of nitrogens with one attached hydrogen (secondary N) is 1. The second-order valence-corrected chi connectivity index (χ2v) is 6.00. The zero-order valence-corrected chi connectivity index (χ0v) is 13.4. The van der Waals surface area contributed by atoms with Crippen LogP contribution >= 0.6 is 15.9 Å². The Balaban J connectivity index is 1.84. The maximum absolute atomic E-state index is 4.44. The van der Waals surface area contributed by atoms with Crippen LogP contribution < -0.4 is 0 Å². The van der Waals surface area contributed by atoms with E-state index in [2.05, 4.69) is 72.9 Å². The van der Waals surface area contributed by atoms with Gasteiger partial charge in [0.1, 0.15) is 4.60 Å². The molecule has 4 heteroatoms. The molecule has 0 spiro atoms. The van der Waals surface area contributed by atoms with E-state index in [4.69, 9.17) is 0 Å². The SMILES string of the molecule is Brc1ncn(Cc2ccccc2)c1-c1c[nH]c2ccccc12. The molecule has 4 aromatic rings. The van der Waals surface area contributed by atoms with Gasteiger partial charge >= 0.3 is 0 Å². The van der Waals surface area contributed by atoms with Gasteiger partial charge in [-0.1, -0.05) is 48.5 Å². The molecule has 0 atom stereocenters. The van der Waals surface area contributed by atoms with Gasteiger partial charge in [-0.2, -0.15) is 0 Å². The van der Waals surface area contributed by atoms with Crippen LogP contribution in [0.4, 0.5) is 0 Å². The second kappa shape index (κ2) is 5.46. The van der Waals surface area contributed by atoms with Crippen LogP contribution in [0, 0.1) is 0 Å². The third-order valence-electron chi connectivity index (χ3n) is 3.83. The summed E-state index contributed by atoms with van der Waals surface area (Å²) in [6, 6.07) is 18.7. The van der Waals surface area contributed by atoms with Crippen molar-refractivity contribution in [1.29, 1.82) is 0 Å². The van der Waals surface area contributed by atoms with Crippen molar-refractivity contribution in [3.8, 4) is 11.3 Å². The first-order valence-corrected chi connectivity index (χ1v) is 7.93. The summed E-state index contributed by atoms with van der Waals surface area (Å²) in [5.74, 6) is 0. The van der Waals surface area contributed by atoms with Gasteiger partial charge in [-0.15, -0.1) is 0 Å². The zero-order valence-electron chi connectivity index (χ0n) is 11.8. The van der Waals surface area contributed by atoms with Crippen LogP contribution in [0.25, 0.3) is 22.2 Å². The van der Waals surface area contributed by atoms with Crippen molar-refractivity contribution < 1.29 is 0 Å². The van der Waals surface area contributed by atoms with Crippen molar-refractivity contribution in [3.63, 3.8) is 0 Å². The third kappa shape index (κ3) is 2.25. The number of para-hydroxylation sites is 1. The van der Waals surface area contributed by atoms with E-state index >= 15 is 0 Å². The molecule has 0 aliphatic carbocycles. The van der Waals surface area contributed by atoms with Crippen molar-refractivity contribution in [1.82, 2.24) is 14.5 Å². The van der Waals surface area contributed by atoms with Gasteiger partial charge in [-0.3, -0.25) is 0 Å². The number of hydrogen-bond acceptors (Lipinski definition) is 1. The number of benzene rings is 2. The number of H-pyrrole nitrogens is 1. The quantitative estimate of drug-likeness (QED) is 0.562. The molecule has 0 saturated carbocycles. The Morgan fingerprint density at radius 3 is 2.64 bits per heavy atom. The van der Waals surface area contributed by atoms with Crippen LogP contribution in [0.15, 0.2) is 71.7 Å². The Morgan fingerprint density at radius 2 is 1.77 bits per heavy atom. The highest BCUT2D eigenvalue weighted by Crippen LogP contribution is 2.33. The summed E-state index contributed by atoms with van der Waals surface area (Å²) in [5, 5.41) is 1.21. The van der Waals surface area contributed by atoms with E-state index < -0.39 is 0 Å². The van der Waals surface area contributed by atoms with E-state index in [0.29, 0.717) is 0 Å². The number of halogens is 1. The molecular weight excluding hydrogens is 338 g/mol. The number of aromatic nitrogens is 3. The lowest BCUT2D eigenvalue weighted by molar-refractivity contribution is 0.805. The summed E-state index contributed by atoms with van der Waals surface area (Å²) in [6.07, 6.45) is 3.93. The Morgan fingerprint density at radius 1 is 1.00 bits per heavy atom. The fourth-order valence-electron chi connectivity index (χ4n) is 2.79. The summed E-state index contributed by atoms with van der Waals surface area (Å²) in [7, 11) is 0. The smallest absolute Gasteiger partial charge is 0.132 e. The summed E-state index contributed by atoms with van der Waals surface area (Å²) in [5.41, 5.74) is 4.66. The number of nitrogens with zero attached hydrogens (tertiary/aromatic N) is 2. The average Bonchev–Trinajstić information content (AvgIpc) is 3.12. The molecule has 0 saturated heterocycles. The first kappa shape index (κ1) is 13.3. The molecule has 108 valence electrons. The van der Waals surface area contributed by atoms with E-state index in [9.17, 15) is 0 Å². The highest BCUT2D eigenvalue weighted by atomic mass is 79.9. The molecule has 3 nitrogen and oxygen atoms in total. The largest absolute Gasteiger partial charge is 0.360 e. The Kier molecular flexibility index (Phi) is 3.31. The van der Waals surface area contributed by atoms with E-state index in [-0.39, 0.29) is 0 Å². The fraction of sp³-hybridized carbons (Fsp3) is 0.0556. The van der Waals surface area contributed by atoms with Crippen molar-refractivity contribution in [2.75, 3.05) is 0 Å². The van der Waals surface area contributed by atoms with Crippen LogP contribution in [0.2, 0.25) is 0 Å². The molecule has 4 rings (SSSR count). The minimum absolute atomic E-state index is 0.800. The maximum atomic E-state index is 4.44. The van der Waals surface area contributed by atoms with Gasteiger partial charge in [0.15, 0.2) is 0 Å². The molecule has 0 aliphatic heterocycles. The van der Waals surface area contributed by atoms with Gasteiger partial charge in [0.25, 0.3) is 0 Å².